The lowest BCUT2D eigenvalue weighted by molar-refractivity contribution is -0.124. The molecule has 0 saturated carbocycles. The molecule has 19 heavy (non-hydrogen) atoms. The number of hydrogen-bond donors (Lipinski definition) is 2. The number of likely N-dealkylation sites (tertiary alicyclic amines) is 1. The first-order valence-corrected chi connectivity index (χ1v) is 7.30. The summed E-state index contributed by atoms with van der Waals surface area (Å²) in [7, 11) is 3.92. The zero-order chi connectivity index (χ0) is 14.5. The maximum atomic E-state index is 11.5. The summed E-state index contributed by atoms with van der Waals surface area (Å²) in [6.45, 7) is 8.66. The SMILES string of the molecule is CNC(C)(CC(C)N(C)CCN1CCCC1)C(N)=O. The molecular weight excluding hydrogens is 240 g/mol. The lowest BCUT2D eigenvalue weighted by Crippen LogP contribution is -2.55. The molecule has 1 fully saturated rings. The molecule has 0 radical (unpaired) electrons. The topological polar surface area (TPSA) is 61.6 Å². The third-order valence-electron chi connectivity index (χ3n) is 4.52. The van der Waals surface area contributed by atoms with Crippen molar-refractivity contribution in [3.05, 3.63) is 0 Å². The summed E-state index contributed by atoms with van der Waals surface area (Å²) >= 11 is 0. The Balaban J connectivity index is 2.38. The number of nitrogens with zero attached hydrogens (tertiary/aromatic N) is 2. The Bertz CT molecular complexity index is 291. The lowest BCUT2D eigenvalue weighted by Gasteiger charge is -2.34. The number of likely N-dealkylation sites (N-methyl/N-ethyl adjacent to an activating group) is 2. The maximum absolute atomic E-state index is 11.5. The summed E-state index contributed by atoms with van der Waals surface area (Å²) in [6.07, 6.45) is 3.40. The first-order valence-electron chi connectivity index (χ1n) is 7.30. The van der Waals surface area contributed by atoms with Crippen molar-refractivity contribution in [3.63, 3.8) is 0 Å². The number of rotatable bonds is 8. The van der Waals surface area contributed by atoms with Gasteiger partial charge in [0.15, 0.2) is 0 Å². The van der Waals surface area contributed by atoms with Gasteiger partial charge in [-0.1, -0.05) is 0 Å². The molecule has 1 amide bonds. The number of hydrogen-bond acceptors (Lipinski definition) is 4. The zero-order valence-corrected chi connectivity index (χ0v) is 12.9. The maximum Gasteiger partial charge on any atom is 0.237 e. The van der Waals surface area contributed by atoms with Crippen LogP contribution in [-0.2, 0) is 4.79 Å². The fourth-order valence-electron chi connectivity index (χ4n) is 2.60. The van der Waals surface area contributed by atoms with Crippen molar-refractivity contribution in [2.45, 2.75) is 44.7 Å². The van der Waals surface area contributed by atoms with Crippen LogP contribution < -0.4 is 11.1 Å². The average Bonchev–Trinajstić information content (AvgIpc) is 2.88. The molecule has 5 nitrogen and oxygen atoms in total. The second-order valence-electron chi connectivity index (χ2n) is 6.03. The van der Waals surface area contributed by atoms with E-state index in [9.17, 15) is 4.79 Å². The van der Waals surface area contributed by atoms with Crippen LogP contribution in [0.1, 0.15) is 33.1 Å². The zero-order valence-electron chi connectivity index (χ0n) is 12.9. The Morgan fingerprint density at radius 3 is 2.53 bits per heavy atom. The van der Waals surface area contributed by atoms with Crippen LogP contribution in [0.2, 0.25) is 0 Å². The fourth-order valence-corrected chi connectivity index (χ4v) is 2.60. The van der Waals surface area contributed by atoms with Crippen LogP contribution in [0, 0.1) is 0 Å². The predicted molar refractivity (Wildman–Crippen MR) is 79.0 cm³/mol. The summed E-state index contributed by atoms with van der Waals surface area (Å²) < 4.78 is 0. The van der Waals surface area contributed by atoms with Crippen molar-refractivity contribution in [1.82, 2.24) is 15.1 Å². The highest BCUT2D eigenvalue weighted by atomic mass is 16.1. The van der Waals surface area contributed by atoms with Gasteiger partial charge >= 0.3 is 0 Å². The van der Waals surface area contributed by atoms with Crippen LogP contribution >= 0.6 is 0 Å². The molecule has 2 unspecified atom stereocenters. The van der Waals surface area contributed by atoms with Gasteiger partial charge in [-0.05, 0) is 60.3 Å². The average molecular weight is 270 g/mol. The van der Waals surface area contributed by atoms with Crippen LogP contribution in [0.4, 0.5) is 0 Å². The molecule has 0 aromatic rings. The highest BCUT2D eigenvalue weighted by Gasteiger charge is 2.32. The van der Waals surface area contributed by atoms with E-state index in [1.165, 1.54) is 25.9 Å². The Hall–Kier alpha value is -0.650. The van der Waals surface area contributed by atoms with E-state index in [2.05, 4.69) is 29.1 Å². The molecule has 3 N–H and O–H groups in total. The number of carbonyl (C=O) groups is 1. The predicted octanol–water partition coefficient (Wildman–Crippen LogP) is 0.256. The van der Waals surface area contributed by atoms with Gasteiger partial charge in [-0.3, -0.25) is 4.79 Å². The van der Waals surface area contributed by atoms with Crippen LogP contribution in [-0.4, -0.2) is 67.6 Å². The van der Waals surface area contributed by atoms with Gasteiger partial charge in [-0.15, -0.1) is 0 Å². The second-order valence-corrected chi connectivity index (χ2v) is 6.03. The van der Waals surface area contributed by atoms with E-state index in [1.807, 2.05) is 6.92 Å². The number of primary amides is 1. The first-order chi connectivity index (χ1) is 8.89. The van der Waals surface area contributed by atoms with Gasteiger partial charge in [0.1, 0.15) is 0 Å². The van der Waals surface area contributed by atoms with E-state index in [-0.39, 0.29) is 5.91 Å². The summed E-state index contributed by atoms with van der Waals surface area (Å²) in [6, 6.07) is 0.326. The fraction of sp³-hybridized carbons (Fsp3) is 0.929. The van der Waals surface area contributed by atoms with Crippen molar-refractivity contribution in [1.29, 1.82) is 0 Å². The van der Waals surface area contributed by atoms with Gasteiger partial charge in [0, 0.05) is 19.1 Å². The molecule has 1 saturated heterocycles. The highest BCUT2D eigenvalue weighted by molar-refractivity contribution is 5.84. The monoisotopic (exact) mass is 270 g/mol. The third kappa shape index (κ3) is 4.75. The molecule has 0 spiro atoms. The largest absolute Gasteiger partial charge is 0.368 e. The minimum atomic E-state index is -0.624. The van der Waals surface area contributed by atoms with E-state index < -0.39 is 5.54 Å². The molecule has 0 aromatic heterocycles. The Kier molecular flexibility index (Phi) is 6.23. The van der Waals surface area contributed by atoms with Crippen molar-refractivity contribution >= 4 is 5.91 Å². The molecule has 1 heterocycles. The van der Waals surface area contributed by atoms with E-state index >= 15 is 0 Å². The van der Waals surface area contributed by atoms with Gasteiger partial charge in [-0.2, -0.15) is 0 Å². The minimum absolute atomic E-state index is 0.283. The van der Waals surface area contributed by atoms with Crippen molar-refractivity contribution in [3.8, 4) is 0 Å². The minimum Gasteiger partial charge on any atom is -0.368 e. The van der Waals surface area contributed by atoms with E-state index in [1.54, 1.807) is 7.05 Å². The summed E-state index contributed by atoms with van der Waals surface area (Å²) in [5.74, 6) is -0.283. The van der Waals surface area contributed by atoms with E-state index in [0.29, 0.717) is 6.04 Å². The second kappa shape index (κ2) is 7.22. The molecule has 2 atom stereocenters. The van der Waals surface area contributed by atoms with Crippen molar-refractivity contribution in [2.24, 2.45) is 5.73 Å². The quantitative estimate of drug-likeness (QED) is 0.664. The molecular formula is C14H30N4O. The van der Waals surface area contributed by atoms with Crippen LogP contribution in [0.3, 0.4) is 0 Å². The number of carbonyl (C=O) groups excluding carboxylic acids is 1. The lowest BCUT2D eigenvalue weighted by atomic mass is 9.92. The van der Waals surface area contributed by atoms with Gasteiger partial charge in [-0.25, -0.2) is 0 Å². The molecule has 1 aliphatic heterocycles. The van der Waals surface area contributed by atoms with Gasteiger partial charge in [0.2, 0.25) is 5.91 Å². The Morgan fingerprint density at radius 1 is 1.47 bits per heavy atom. The Morgan fingerprint density at radius 2 is 2.05 bits per heavy atom. The van der Waals surface area contributed by atoms with Crippen molar-refractivity contribution in [2.75, 3.05) is 40.3 Å². The van der Waals surface area contributed by atoms with Crippen molar-refractivity contribution < 1.29 is 4.79 Å². The third-order valence-corrected chi connectivity index (χ3v) is 4.52. The first kappa shape index (κ1) is 16.4. The summed E-state index contributed by atoms with van der Waals surface area (Å²) in [5, 5.41) is 3.05. The van der Waals surface area contributed by atoms with Gasteiger partial charge in [0.25, 0.3) is 0 Å². The standard InChI is InChI=1S/C14H30N4O/c1-12(11-14(2,16-3)13(15)19)17(4)9-10-18-7-5-6-8-18/h12,16H,5-11H2,1-4H3,(H2,15,19). The molecule has 0 aliphatic carbocycles. The highest BCUT2D eigenvalue weighted by Crippen LogP contribution is 2.15. The number of nitrogens with one attached hydrogen (secondary N) is 1. The number of amides is 1. The van der Waals surface area contributed by atoms with E-state index in [4.69, 9.17) is 5.73 Å². The van der Waals surface area contributed by atoms with Crippen LogP contribution in [0.25, 0.3) is 0 Å². The number of nitrogens with two attached hydrogens (primary N) is 1. The van der Waals surface area contributed by atoms with E-state index in [0.717, 1.165) is 19.5 Å². The van der Waals surface area contributed by atoms with Gasteiger partial charge in [0.05, 0.1) is 5.54 Å². The molecule has 5 heteroatoms. The van der Waals surface area contributed by atoms with Crippen LogP contribution in [0.15, 0.2) is 0 Å². The Labute approximate surface area is 117 Å². The summed E-state index contributed by atoms with van der Waals surface area (Å²) in [4.78, 5) is 16.3. The van der Waals surface area contributed by atoms with Crippen LogP contribution in [0.5, 0.6) is 0 Å². The molecule has 112 valence electrons. The molecule has 1 aliphatic rings. The molecule has 1 rings (SSSR count). The molecule has 0 aromatic carbocycles. The summed E-state index contributed by atoms with van der Waals surface area (Å²) in [5.41, 5.74) is 4.85. The normalized spacial score (nSPS) is 21.5. The van der Waals surface area contributed by atoms with Gasteiger partial charge < -0.3 is 20.9 Å². The molecule has 0 bridgehead atoms. The smallest absolute Gasteiger partial charge is 0.237 e.